The molecule has 3 aliphatic heterocycles. The van der Waals surface area contributed by atoms with Crippen LogP contribution in [0.15, 0.2) is 51.6 Å². The van der Waals surface area contributed by atoms with Gasteiger partial charge in [-0.1, -0.05) is 29.2 Å². The Balaban J connectivity index is 1.39. The lowest BCUT2D eigenvalue weighted by Crippen LogP contribution is -2.43. The molecule has 0 N–H and O–H groups in total. The smallest absolute Gasteiger partial charge is 0.308 e. The summed E-state index contributed by atoms with van der Waals surface area (Å²) in [6.45, 7) is 1.63. The Labute approximate surface area is 227 Å². The van der Waals surface area contributed by atoms with Crippen molar-refractivity contribution in [1.29, 1.82) is 0 Å². The van der Waals surface area contributed by atoms with Crippen molar-refractivity contribution in [1.82, 2.24) is 9.47 Å². The largest absolute Gasteiger partial charge is 0.378 e. The van der Waals surface area contributed by atoms with E-state index in [9.17, 15) is 29.3 Å². The lowest BCUT2D eigenvalue weighted by molar-refractivity contribution is -0.384. The molecule has 6 rings (SSSR count). The summed E-state index contributed by atoms with van der Waals surface area (Å²) in [5.74, 6) is -2.34. The highest BCUT2D eigenvalue weighted by Gasteiger charge is 2.57. The Kier molecular flexibility index (Phi) is 6.42. The highest BCUT2D eigenvalue weighted by molar-refractivity contribution is 8.00. The maximum Gasteiger partial charge on any atom is 0.308 e. The van der Waals surface area contributed by atoms with E-state index >= 15 is 0 Å². The third-order valence-electron chi connectivity index (χ3n) is 6.87. The molecule has 196 valence electrons. The summed E-state index contributed by atoms with van der Waals surface area (Å²) in [6.07, 6.45) is 0. The number of nitro benzene ring substituents is 1. The van der Waals surface area contributed by atoms with Crippen LogP contribution in [0, 0.1) is 16.0 Å². The van der Waals surface area contributed by atoms with Crippen LogP contribution >= 0.6 is 34.4 Å². The Hall–Kier alpha value is -3.33. The van der Waals surface area contributed by atoms with E-state index in [4.69, 9.17) is 4.74 Å². The van der Waals surface area contributed by atoms with Crippen LogP contribution in [-0.2, 0) is 25.7 Å². The zero-order valence-corrected chi connectivity index (χ0v) is 22.1. The number of aromatic nitrogens is 1. The lowest BCUT2D eigenvalue weighted by Gasteiger charge is -2.30. The van der Waals surface area contributed by atoms with Gasteiger partial charge >= 0.3 is 4.87 Å². The number of carbonyl (C=O) groups excluding carboxylic acids is 3. The molecule has 0 radical (unpaired) electrons. The number of anilines is 1. The fourth-order valence-corrected chi connectivity index (χ4v) is 8.78. The predicted octanol–water partition coefficient (Wildman–Crippen LogP) is 2.53. The number of imide groups is 1. The monoisotopic (exact) mass is 572 g/mol. The van der Waals surface area contributed by atoms with Gasteiger partial charge in [0.15, 0.2) is 0 Å². The number of nitro groups is 1. The molecule has 11 nitrogen and oxygen atoms in total. The minimum absolute atomic E-state index is 0.146. The summed E-state index contributed by atoms with van der Waals surface area (Å²) >= 11 is 3.59. The zero-order chi connectivity index (χ0) is 26.6. The van der Waals surface area contributed by atoms with Crippen molar-refractivity contribution >= 4 is 63.5 Å². The molecule has 2 saturated heterocycles. The quantitative estimate of drug-likeness (QED) is 0.259. The Bertz CT molecular complexity index is 1490. The van der Waals surface area contributed by atoms with E-state index in [1.807, 2.05) is 17.5 Å². The summed E-state index contributed by atoms with van der Waals surface area (Å²) in [5.41, 5.74) is 0.112. The van der Waals surface area contributed by atoms with E-state index in [1.165, 1.54) is 40.2 Å². The van der Waals surface area contributed by atoms with Gasteiger partial charge in [-0.05, 0) is 23.6 Å². The highest BCUT2D eigenvalue weighted by atomic mass is 32.2. The highest BCUT2D eigenvalue weighted by Crippen LogP contribution is 2.54. The van der Waals surface area contributed by atoms with Gasteiger partial charge in [-0.2, -0.15) is 0 Å². The van der Waals surface area contributed by atoms with Gasteiger partial charge < -0.3 is 9.64 Å². The fourth-order valence-electron chi connectivity index (χ4n) is 5.06. The third kappa shape index (κ3) is 4.08. The van der Waals surface area contributed by atoms with Crippen molar-refractivity contribution < 1.29 is 24.0 Å². The lowest BCUT2D eigenvalue weighted by atomic mass is 9.87. The van der Waals surface area contributed by atoms with E-state index in [2.05, 4.69) is 0 Å². The number of thiazole rings is 1. The van der Waals surface area contributed by atoms with E-state index < -0.39 is 33.8 Å². The maximum absolute atomic E-state index is 13.8. The molecule has 3 aliphatic rings. The van der Waals surface area contributed by atoms with E-state index in [0.717, 1.165) is 32.9 Å². The summed E-state index contributed by atoms with van der Waals surface area (Å²) in [7, 11) is 0. The normalized spacial score (nSPS) is 22.9. The van der Waals surface area contributed by atoms with E-state index in [1.54, 1.807) is 4.90 Å². The number of hydrogen-bond donors (Lipinski definition) is 0. The second-order valence-electron chi connectivity index (χ2n) is 8.96. The first-order valence-corrected chi connectivity index (χ1v) is 14.3. The number of ether oxygens (including phenoxy) is 1. The van der Waals surface area contributed by atoms with Crippen LogP contribution < -0.4 is 9.77 Å². The van der Waals surface area contributed by atoms with Gasteiger partial charge in [-0.15, -0.1) is 11.3 Å². The van der Waals surface area contributed by atoms with Crippen molar-refractivity contribution in [2.75, 3.05) is 31.2 Å². The molecule has 3 atom stereocenters. The first-order chi connectivity index (χ1) is 18.3. The molecule has 3 aromatic rings. The van der Waals surface area contributed by atoms with Crippen molar-refractivity contribution in [2.24, 2.45) is 5.92 Å². The molecule has 0 spiro atoms. The molecule has 2 fully saturated rings. The number of carbonyl (C=O) groups is 3. The average Bonchev–Trinajstić information content (AvgIpc) is 3.62. The fraction of sp³-hybridized carbons (Fsp3) is 0.333. The summed E-state index contributed by atoms with van der Waals surface area (Å²) in [5, 5.41) is 12.7. The molecule has 0 saturated carbocycles. The van der Waals surface area contributed by atoms with Crippen molar-refractivity contribution in [2.45, 2.75) is 22.7 Å². The van der Waals surface area contributed by atoms with Gasteiger partial charge in [-0.25, -0.2) is 4.90 Å². The number of amides is 3. The molecule has 3 amide bonds. The Morgan fingerprint density at radius 3 is 2.47 bits per heavy atom. The molecule has 0 aliphatic carbocycles. The van der Waals surface area contributed by atoms with Crippen LogP contribution in [0.2, 0.25) is 0 Å². The topological polar surface area (TPSA) is 132 Å². The van der Waals surface area contributed by atoms with Crippen LogP contribution in [0.3, 0.4) is 0 Å². The summed E-state index contributed by atoms with van der Waals surface area (Å²) < 4.78 is 6.74. The van der Waals surface area contributed by atoms with E-state index in [-0.39, 0.29) is 28.7 Å². The predicted molar refractivity (Wildman–Crippen MR) is 141 cm³/mol. The van der Waals surface area contributed by atoms with Crippen LogP contribution in [0.5, 0.6) is 0 Å². The van der Waals surface area contributed by atoms with Crippen LogP contribution in [0.25, 0.3) is 0 Å². The van der Waals surface area contributed by atoms with Gasteiger partial charge in [0.25, 0.3) is 5.69 Å². The van der Waals surface area contributed by atoms with Gasteiger partial charge in [0.05, 0.1) is 34.8 Å². The van der Waals surface area contributed by atoms with Crippen LogP contribution in [0.1, 0.15) is 15.7 Å². The standard InChI is InChI=1S/C24H20N4O7S3/c29-16(25-7-9-35-10-8-25)12-26-23-20(38-24(26)32)17(15-2-1-11-36-15)18-19(37-23)22(31)27(21(18)30)13-3-5-14(6-4-13)28(33)34/h1-6,11,17-19H,7-10,12H2/t17-,18?,19?/m1/s1. The number of hydrogen-bond acceptors (Lipinski definition) is 10. The third-order valence-corrected chi connectivity index (χ3v) is 10.4. The van der Waals surface area contributed by atoms with Crippen LogP contribution in [0.4, 0.5) is 11.4 Å². The maximum atomic E-state index is 13.8. The number of thioether (sulfide) groups is 1. The zero-order valence-electron chi connectivity index (χ0n) is 19.7. The summed E-state index contributed by atoms with van der Waals surface area (Å²) in [4.78, 5) is 68.1. The molecule has 0 bridgehead atoms. The van der Waals surface area contributed by atoms with Crippen LogP contribution in [-0.4, -0.2) is 63.7 Å². The molecule has 1 aromatic carbocycles. The minimum Gasteiger partial charge on any atom is -0.378 e. The Morgan fingerprint density at radius 2 is 1.82 bits per heavy atom. The van der Waals surface area contributed by atoms with Gasteiger partial charge in [0.2, 0.25) is 17.7 Å². The second kappa shape index (κ2) is 9.76. The number of non-ortho nitro benzene ring substituents is 1. The average molecular weight is 573 g/mol. The summed E-state index contributed by atoms with van der Waals surface area (Å²) in [6, 6.07) is 9.03. The number of benzene rings is 1. The second-order valence-corrected chi connectivity index (χ2v) is 12.1. The number of nitrogens with zero attached hydrogens (tertiary/aromatic N) is 4. The molecule has 5 heterocycles. The minimum atomic E-state index is -0.809. The van der Waals surface area contributed by atoms with E-state index in [0.29, 0.717) is 36.2 Å². The van der Waals surface area contributed by atoms with Crippen molar-refractivity contribution in [3.63, 3.8) is 0 Å². The molecule has 38 heavy (non-hydrogen) atoms. The number of thiophene rings is 1. The first kappa shape index (κ1) is 25.0. The van der Waals surface area contributed by atoms with Crippen molar-refractivity contribution in [3.05, 3.63) is 71.3 Å². The molecular formula is C24H20N4O7S3. The number of morpholine rings is 1. The number of fused-ring (bicyclic) bond motifs is 2. The first-order valence-electron chi connectivity index (χ1n) is 11.8. The molecule has 14 heteroatoms. The molecular weight excluding hydrogens is 552 g/mol. The van der Waals surface area contributed by atoms with Crippen molar-refractivity contribution in [3.8, 4) is 0 Å². The Morgan fingerprint density at radius 1 is 1.08 bits per heavy atom. The molecule has 2 aromatic heterocycles. The molecule has 2 unspecified atom stereocenters. The van der Waals surface area contributed by atoms with Gasteiger partial charge in [-0.3, -0.25) is 33.9 Å². The van der Waals surface area contributed by atoms with Gasteiger partial charge in [0, 0.05) is 40.9 Å². The van der Waals surface area contributed by atoms with Gasteiger partial charge in [0.1, 0.15) is 11.8 Å². The SMILES string of the molecule is O=C(Cn1c2c(sc1=O)[C@H](c1cccs1)C1C(=O)N(c3ccc([N+](=O)[O-])cc3)C(=O)C1S2)N1CCOCC1. The number of rotatable bonds is 5.